The number of anilines is 1. The van der Waals surface area contributed by atoms with Gasteiger partial charge < -0.3 is 14.5 Å². The Bertz CT molecular complexity index is 859. The molecule has 7 nitrogen and oxygen atoms in total. The molecule has 0 spiro atoms. The average Bonchev–Trinajstić information content (AvgIpc) is 3.37. The predicted octanol–water partition coefficient (Wildman–Crippen LogP) is 0.748. The monoisotopic (exact) mass is 415 g/mol. The van der Waals surface area contributed by atoms with E-state index in [9.17, 15) is 9.59 Å². The number of ether oxygens (including phenoxy) is 1. The highest BCUT2D eigenvalue weighted by Crippen LogP contribution is 2.25. The Balaban J connectivity index is 1.25. The van der Waals surface area contributed by atoms with Crippen LogP contribution in [0.25, 0.3) is 0 Å². The Morgan fingerprint density at radius 1 is 1.21 bits per heavy atom. The minimum Gasteiger partial charge on any atom is -0.497 e. The van der Waals surface area contributed by atoms with Gasteiger partial charge in [0, 0.05) is 23.9 Å². The van der Waals surface area contributed by atoms with Gasteiger partial charge in [-0.25, -0.2) is 4.98 Å². The number of benzene rings is 1. The first-order chi connectivity index (χ1) is 14.1. The summed E-state index contributed by atoms with van der Waals surface area (Å²) in [7, 11) is 1.68. The van der Waals surface area contributed by atoms with E-state index in [1.807, 2.05) is 22.4 Å². The fraction of sp³-hybridized carbons (Fsp3) is 0.476. The number of thiazole rings is 1. The van der Waals surface area contributed by atoms with Crippen molar-refractivity contribution in [3.05, 3.63) is 40.9 Å². The zero-order chi connectivity index (χ0) is 20.2. The molecule has 0 radical (unpaired) electrons. The fourth-order valence-corrected chi connectivity index (χ4v) is 4.77. The molecular formula is C21H27N4O3S+. The van der Waals surface area contributed by atoms with Crippen LogP contribution in [0, 0.1) is 0 Å². The van der Waals surface area contributed by atoms with Crippen LogP contribution < -0.4 is 14.5 Å². The van der Waals surface area contributed by atoms with Crippen molar-refractivity contribution in [2.24, 2.45) is 0 Å². The van der Waals surface area contributed by atoms with Crippen molar-refractivity contribution in [1.29, 1.82) is 0 Å². The first-order valence-corrected chi connectivity index (χ1v) is 11.0. The summed E-state index contributed by atoms with van der Waals surface area (Å²) < 4.78 is 5.21. The lowest BCUT2D eigenvalue weighted by Crippen LogP contribution is -3.13. The highest BCUT2D eigenvalue weighted by molar-refractivity contribution is 7.14. The van der Waals surface area contributed by atoms with Crippen LogP contribution in [0.4, 0.5) is 5.13 Å². The number of aromatic nitrogens is 1. The number of methoxy groups -OCH3 is 1. The number of piperazine rings is 1. The smallest absolute Gasteiger partial charge is 0.229 e. The van der Waals surface area contributed by atoms with Crippen LogP contribution >= 0.6 is 11.3 Å². The molecule has 2 fully saturated rings. The van der Waals surface area contributed by atoms with Crippen LogP contribution in [-0.2, 0) is 22.6 Å². The van der Waals surface area contributed by atoms with E-state index in [0.717, 1.165) is 62.3 Å². The van der Waals surface area contributed by atoms with E-state index < -0.39 is 0 Å². The van der Waals surface area contributed by atoms with E-state index in [-0.39, 0.29) is 11.8 Å². The zero-order valence-electron chi connectivity index (χ0n) is 16.7. The summed E-state index contributed by atoms with van der Waals surface area (Å²) in [6.45, 7) is 5.13. The summed E-state index contributed by atoms with van der Waals surface area (Å²) in [4.78, 5) is 34.2. The SMILES string of the molecule is COc1ccc(C[NH+]2CCN(C(=O)Cc3csc(N4CCCC4=O)n3)CC2)cc1. The molecule has 154 valence electrons. The van der Waals surface area contributed by atoms with Gasteiger partial charge in [0.15, 0.2) is 5.13 Å². The normalized spacial score (nSPS) is 17.8. The van der Waals surface area contributed by atoms with E-state index in [2.05, 4.69) is 17.1 Å². The summed E-state index contributed by atoms with van der Waals surface area (Å²) in [5, 5.41) is 2.63. The van der Waals surface area contributed by atoms with Crippen molar-refractivity contribution in [1.82, 2.24) is 9.88 Å². The molecule has 4 rings (SSSR count). The van der Waals surface area contributed by atoms with Crippen LogP contribution in [0.2, 0.25) is 0 Å². The van der Waals surface area contributed by atoms with Gasteiger partial charge in [-0.05, 0) is 30.7 Å². The number of quaternary nitrogens is 1. The average molecular weight is 416 g/mol. The van der Waals surface area contributed by atoms with Crippen LogP contribution in [0.3, 0.4) is 0 Å². The highest BCUT2D eigenvalue weighted by Gasteiger charge is 2.26. The number of hydrogen-bond acceptors (Lipinski definition) is 5. The van der Waals surface area contributed by atoms with Gasteiger partial charge in [-0.3, -0.25) is 14.5 Å². The molecule has 1 aromatic heterocycles. The van der Waals surface area contributed by atoms with E-state index in [1.165, 1.54) is 21.8 Å². The molecule has 2 amide bonds. The molecule has 0 bridgehead atoms. The molecule has 0 saturated carbocycles. The fourth-order valence-electron chi connectivity index (χ4n) is 3.90. The van der Waals surface area contributed by atoms with Gasteiger partial charge in [-0.1, -0.05) is 0 Å². The molecule has 2 saturated heterocycles. The van der Waals surface area contributed by atoms with Crippen molar-refractivity contribution >= 4 is 28.3 Å². The molecule has 3 heterocycles. The predicted molar refractivity (Wildman–Crippen MR) is 111 cm³/mol. The van der Waals surface area contributed by atoms with Gasteiger partial charge in [-0.15, -0.1) is 11.3 Å². The standard InChI is InChI=1S/C21H26N4O3S/c1-28-18-6-4-16(5-7-18)14-23-9-11-24(12-10-23)20(27)13-17-15-29-21(22-17)25-8-2-3-19(25)26/h4-7,15H,2-3,8-14H2,1H3/p+1. The first kappa shape index (κ1) is 19.8. The van der Waals surface area contributed by atoms with Crippen LogP contribution in [-0.4, -0.2) is 61.5 Å². The number of rotatable bonds is 6. The molecule has 1 N–H and O–H groups in total. The number of hydrogen-bond donors (Lipinski definition) is 1. The second kappa shape index (κ2) is 8.92. The maximum atomic E-state index is 12.7. The van der Waals surface area contributed by atoms with E-state index >= 15 is 0 Å². The molecular weight excluding hydrogens is 388 g/mol. The summed E-state index contributed by atoms with van der Waals surface area (Å²) in [5.41, 5.74) is 2.05. The maximum absolute atomic E-state index is 12.7. The number of nitrogens with one attached hydrogen (secondary N) is 1. The topological polar surface area (TPSA) is 67.2 Å². The minimum atomic E-state index is 0.123. The second-order valence-electron chi connectivity index (χ2n) is 7.60. The first-order valence-electron chi connectivity index (χ1n) is 10.1. The lowest BCUT2D eigenvalue weighted by Gasteiger charge is -2.32. The molecule has 8 heteroatoms. The van der Waals surface area contributed by atoms with Crippen LogP contribution in [0.1, 0.15) is 24.1 Å². The maximum Gasteiger partial charge on any atom is 0.229 e. The summed E-state index contributed by atoms with van der Waals surface area (Å²) in [6, 6.07) is 8.20. The Kier molecular flexibility index (Phi) is 6.10. The lowest BCUT2D eigenvalue weighted by atomic mass is 10.2. The zero-order valence-corrected chi connectivity index (χ0v) is 17.5. The van der Waals surface area contributed by atoms with Gasteiger partial charge >= 0.3 is 0 Å². The number of carbonyl (C=O) groups excluding carboxylic acids is 2. The van der Waals surface area contributed by atoms with E-state index in [1.54, 1.807) is 12.0 Å². The van der Waals surface area contributed by atoms with E-state index in [4.69, 9.17) is 4.74 Å². The lowest BCUT2D eigenvalue weighted by molar-refractivity contribution is -0.917. The Morgan fingerprint density at radius 3 is 2.62 bits per heavy atom. The van der Waals surface area contributed by atoms with Crippen molar-refractivity contribution < 1.29 is 19.2 Å². The van der Waals surface area contributed by atoms with Crippen molar-refractivity contribution in [3.63, 3.8) is 0 Å². The van der Waals surface area contributed by atoms with Crippen molar-refractivity contribution in [2.45, 2.75) is 25.8 Å². The molecule has 0 unspecified atom stereocenters. The molecule has 1 aromatic carbocycles. The highest BCUT2D eigenvalue weighted by atomic mass is 32.1. The van der Waals surface area contributed by atoms with Gasteiger partial charge in [0.25, 0.3) is 0 Å². The van der Waals surface area contributed by atoms with Crippen molar-refractivity contribution in [2.75, 3.05) is 44.7 Å². The number of nitrogens with zero attached hydrogens (tertiary/aromatic N) is 3. The van der Waals surface area contributed by atoms with Crippen molar-refractivity contribution in [3.8, 4) is 5.75 Å². The van der Waals surface area contributed by atoms with Gasteiger partial charge in [0.2, 0.25) is 11.8 Å². The third kappa shape index (κ3) is 4.76. The minimum absolute atomic E-state index is 0.123. The molecule has 2 aromatic rings. The molecule has 0 atom stereocenters. The second-order valence-corrected chi connectivity index (χ2v) is 8.44. The van der Waals surface area contributed by atoms with E-state index in [0.29, 0.717) is 12.8 Å². The van der Waals surface area contributed by atoms with Crippen LogP contribution in [0.5, 0.6) is 5.75 Å². The van der Waals surface area contributed by atoms with Gasteiger partial charge in [0.1, 0.15) is 12.3 Å². The summed E-state index contributed by atoms with van der Waals surface area (Å²) >= 11 is 1.45. The van der Waals surface area contributed by atoms with Crippen LogP contribution in [0.15, 0.2) is 29.6 Å². The largest absolute Gasteiger partial charge is 0.497 e. The molecule has 2 aliphatic heterocycles. The Labute approximate surface area is 174 Å². The quantitative estimate of drug-likeness (QED) is 0.756. The molecule has 29 heavy (non-hydrogen) atoms. The number of carbonyl (C=O) groups is 2. The third-order valence-electron chi connectivity index (χ3n) is 5.61. The Hall–Kier alpha value is -2.45. The molecule has 0 aliphatic carbocycles. The summed E-state index contributed by atoms with van der Waals surface area (Å²) in [6.07, 6.45) is 1.79. The Morgan fingerprint density at radius 2 is 1.97 bits per heavy atom. The molecule has 2 aliphatic rings. The number of amides is 2. The third-order valence-corrected chi connectivity index (χ3v) is 6.53. The van der Waals surface area contributed by atoms with Gasteiger partial charge in [-0.2, -0.15) is 0 Å². The van der Waals surface area contributed by atoms with Gasteiger partial charge in [0.05, 0.1) is 45.4 Å². The summed E-state index contributed by atoms with van der Waals surface area (Å²) in [5.74, 6) is 1.13.